The van der Waals surface area contributed by atoms with Crippen molar-refractivity contribution in [2.45, 2.75) is 25.3 Å². The lowest BCUT2D eigenvalue weighted by Gasteiger charge is -2.30. The normalized spacial score (nSPS) is 19.5. The molecule has 0 N–H and O–H groups in total. The Morgan fingerprint density at radius 3 is 2.26 bits per heavy atom. The molecular weight excluding hydrogens is 491 g/mol. The summed E-state index contributed by atoms with van der Waals surface area (Å²) in [5.41, 5.74) is 6.48. The number of carbonyl (C=O) groups excluding carboxylic acids is 1. The molecule has 0 spiro atoms. The molecule has 6 nitrogen and oxygen atoms in total. The molecule has 1 aliphatic carbocycles. The van der Waals surface area contributed by atoms with Crippen LogP contribution < -0.4 is 14.5 Å². The standard InChI is InChI=1S/C32H35FN4O2/c1-35(2)25-16-12-22(13-17-25)20-24-8-7-9-27-31(24)34-37(30(38)21-39-29-11-6-5-10-28(29)33)32(27)23-14-18-26(19-15-23)36(3)4/h5-6,10-20,27,32H,7-9,21H2,1-4H3/b24-20-/t27-,32-/m1/s1. The molecule has 0 bridgehead atoms. The molecule has 39 heavy (non-hydrogen) atoms. The number of hydrogen-bond donors (Lipinski definition) is 0. The number of hydrogen-bond acceptors (Lipinski definition) is 5. The zero-order valence-electron chi connectivity index (χ0n) is 23.0. The average molecular weight is 527 g/mol. The number of allylic oxidation sites excluding steroid dienone is 1. The number of fused-ring (bicyclic) bond motifs is 1. The maximum Gasteiger partial charge on any atom is 0.281 e. The molecular formula is C32H35FN4O2. The molecule has 0 saturated heterocycles. The van der Waals surface area contributed by atoms with E-state index >= 15 is 0 Å². The van der Waals surface area contributed by atoms with Crippen molar-refractivity contribution < 1.29 is 13.9 Å². The van der Waals surface area contributed by atoms with Gasteiger partial charge in [-0.25, -0.2) is 9.40 Å². The number of halogens is 1. The molecule has 1 saturated carbocycles. The van der Waals surface area contributed by atoms with Gasteiger partial charge in [-0.1, -0.05) is 36.4 Å². The predicted octanol–water partition coefficient (Wildman–Crippen LogP) is 6.16. The van der Waals surface area contributed by atoms with Gasteiger partial charge in [0.15, 0.2) is 18.2 Å². The van der Waals surface area contributed by atoms with Crippen LogP contribution in [-0.2, 0) is 4.79 Å². The monoisotopic (exact) mass is 526 g/mol. The highest BCUT2D eigenvalue weighted by atomic mass is 19.1. The van der Waals surface area contributed by atoms with Crippen molar-refractivity contribution in [1.82, 2.24) is 5.01 Å². The Labute approximate surface area is 230 Å². The highest BCUT2D eigenvalue weighted by molar-refractivity contribution is 6.08. The third-order valence-corrected chi connectivity index (χ3v) is 7.45. The zero-order chi connectivity index (χ0) is 27.5. The molecule has 3 aromatic carbocycles. The molecule has 202 valence electrons. The maximum absolute atomic E-state index is 14.1. The fourth-order valence-corrected chi connectivity index (χ4v) is 5.35. The van der Waals surface area contributed by atoms with E-state index in [9.17, 15) is 9.18 Å². The van der Waals surface area contributed by atoms with E-state index in [0.29, 0.717) is 0 Å². The number of anilines is 2. The Bertz CT molecular complexity index is 1380. The molecule has 1 fully saturated rings. The first-order chi connectivity index (χ1) is 18.8. The number of carbonyl (C=O) groups is 1. The summed E-state index contributed by atoms with van der Waals surface area (Å²) in [6.07, 6.45) is 5.06. The van der Waals surface area contributed by atoms with Crippen LogP contribution in [0.15, 0.2) is 83.5 Å². The first kappa shape index (κ1) is 26.5. The van der Waals surface area contributed by atoms with E-state index in [1.54, 1.807) is 17.1 Å². The third kappa shape index (κ3) is 5.67. The number of hydrazone groups is 1. The van der Waals surface area contributed by atoms with Crippen LogP contribution in [0, 0.1) is 11.7 Å². The van der Waals surface area contributed by atoms with Gasteiger partial charge in [-0.15, -0.1) is 0 Å². The quantitative estimate of drug-likeness (QED) is 0.370. The second-order valence-corrected chi connectivity index (χ2v) is 10.5. The van der Waals surface area contributed by atoms with Crippen LogP contribution in [0.4, 0.5) is 15.8 Å². The molecule has 2 atom stereocenters. The van der Waals surface area contributed by atoms with Gasteiger partial charge in [-0.3, -0.25) is 4.79 Å². The second kappa shape index (κ2) is 11.3. The summed E-state index contributed by atoms with van der Waals surface area (Å²) in [7, 11) is 8.06. The molecule has 1 aliphatic heterocycles. The van der Waals surface area contributed by atoms with E-state index in [2.05, 4.69) is 64.4 Å². The zero-order valence-corrected chi connectivity index (χ0v) is 23.0. The minimum Gasteiger partial charge on any atom is -0.481 e. The number of para-hydroxylation sites is 1. The lowest BCUT2D eigenvalue weighted by atomic mass is 9.77. The van der Waals surface area contributed by atoms with E-state index in [0.717, 1.165) is 53.0 Å². The summed E-state index contributed by atoms with van der Waals surface area (Å²) in [5.74, 6) is -0.651. The molecule has 7 heteroatoms. The van der Waals surface area contributed by atoms with Gasteiger partial charge < -0.3 is 14.5 Å². The van der Waals surface area contributed by atoms with Crippen molar-refractivity contribution in [2.75, 3.05) is 44.6 Å². The van der Waals surface area contributed by atoms with E-state index in [-0.39, 0.29) is 30.2 Å². The van der Waals surface area contributed by atoms with Gasteiger partial charge >= 0.3 is 0 Å². The van der Waals surface area contributed by atoms with Crippen molar-refractivity contribution in [3.8, 4) is 5.75 Å². The summed E-state index contributed by atoms with van der Waals surface area (Å²) in [5, 5.41) is 6.49. The highest BCUT2D eigenvalue weighted by Gasteiger charge is 2.43. The van der Waals surface area contributed by atoms with Crippen molar-refractivity contribution in [3.05, 3.63) is 95.3 Å². The largest absolute Gasteiger partial charge is 0.481 e. The number of amides is 1. The average Bonchev–Trinajstić information content (AvgIpc) is 3.33. The van der Waals surface area contributed by atoms with Crippen molar-refractivity contribution in [2.24, 2.45) is 11.0 Å². The smallest absolute Gasteiger partial charge is 0.281 e. The SMILES string of the molecule is CN(C)c1ccc(/C=C2/CCC[C@@H]3C2=NN(C(=O)COc2ccccc2F)[C@@H]3c2ccc(N(C)C)cc2)cc1. The number of ether oxygens (including phenoxy) is 1. The molecule has 1 heterocycles. The fourth-order valence-electron chi connectivity index (χ4n) is 5.35. The van der Waals surface area contributed by atoms with Crippen molar-refractivity contribution in [3.63, 3.8) is 0 Å². The summed E-state index contributed by atoms with van der Waals surface area (Å²) in [4.78, 5) is 17.7. The minimum atomic E-state index is -0.493. The second-order valence-electron chi connectivity index (χ2n) is 10.5. The molecule has 3 aromatic rings. The molecule has 0 unspecified atom stereocenters. The van der Waals surface area contributed by atoms with Crippen molar-refractivity contribution >= 4 is 29.1 Å². The summed E-state index contributed by atoms with van der Waals surface area (Å²) in [6, 6.07) is 22.6. The molecule has 0 radical (unpaired) electrons. The van der Waals surface area contributed by atoms with Gasteiger partial charge in [-0.05, 0) is 78.4 Å². The Balaban J connectivity index is 1.47. The lowest BCUT2D eigenvalue weighted by Crippen LogP contribution is -2.34. The summed E-state index contributed by atoms with van der Waals surface area (Å²) >= 11 is 0. The van der Waals surface area contributed by atoms with Gasteiger partial charge in [0, 0.05) is 45.5 Å². The Morgan fingerprint density at radius 1 is 0.974 bits per heavy atom. The van der Waals surface area contributed by atoms with E-state index in [1.807, 2.05) is 28.2 Å². The van der Waals surface area contributed by atoms with Gasteiger partial charge in [0.1, 0.15) is 0 Å². The number of nitrogens with zero attached hydrogens (tertiary/aromatic N) is 4. The van der Waals surface area contributed by atoms with E-state index in [1.165, 1.54) is 12.1 Å². The topological polar surface area (TPSA) is 48.4 Å². The molecule has 2 aliphatic rings. The first-order valence-corrected chi connectivity index (χ1v) is 13.4. The van der Waals surface area contributed by atoms with E-state index < -0.39 is 5.82 Å². The van der Waals surface area contributed by atoms with Gasteiger partial charge in [0.2, 0.25) is 0 Å². The van der Waals surface area contributed by atoms with Gasteiger partial charge in [-0.2, -0.15) is 5.10 Å². The van der Waals surface area contributed by atoms with Gasteiger partial charge in [0.05, 0.1) is 11.8 Å². The van der Waals surface area contributed by atoms with Gasteiger partial charge in [0.25, 0.3) is 5.91 Å². The Kier molecular flexibility index (Phi) is 7.68. The maximum atomic E-state index is 14.1. The van der Waals surface area contributed by atoms with Crippen LogP contribution in [0.25, 0.3) is 6.08 Å². The van der Waals surface area contributed by atoms with Crippen LogP contribution in [-0.4, -0.2) is 51.4 Å². The van der Waals surface area contributed by atoms with E-state index in [4.69, 9.17) is 9.84 Å². The summed E-state index contributed by atoms with van der Waals surface area (Å²) < 4.78 is 19.7. The third-order valence-electron chi connectivity index (χ3n) is 7.45. The van der Waals surface area contributed by atoms with Crippen LogP contribution in [0.3, 0.4) is 0 Å². The van der Waals surface area contributed by atoms with Crippen molar-refractivity contribution in [1.29, 1.82) is 0 Å². The minimum absolute atomic E-state index is 0.0590. The number of rotatable bonds is 7. The van der Waals surface area contributed by atoms with Crippen LogP contribution in [0.1, 0.15) is 36.4 Å². The summed E-state index contributed by atoms with van der Waals surface area (Å²) in [6.45, 7) is -0.290. The Morgan fingerprint density at radius 2 is 1.62 bits per heavy atom. The molecule has 1 amide bonds. The number of benzene rings is 3. The van der Waals surface area contributed by atoms with Crippen LogP contribution >= 0.6 is 0 Å². The Hall–Kier alpha value is -4.13. The fraction of sp³-hybridized carbons (Fsp3) is 0.312. The van der Waals surface area contributed by atoms with Crippen LogP contribution in [0.5, 0.6) is 5.75 Å². The van der Waals surface area contributed by atoms with Crippen LogP contribution in [0.2, 0.25) is 0 Å². The predicted molar refractivity (Wildman–Crippen MR) is 156 cm³/mol. The highest BCUT2D eigenvalue weighted by Crippen LogP contribution is 2.44. The molecule has 0 aromatic heterocycles. The first-order valence-electron chi connectivity index (χ1n) is 13.4. The lowest BCUT2D eigenvalue weighted by molar-refractivity contribution is -0.135. The molecule has 5 rings (SSSR count).